The van der Waals surface area contributed by atoms with Gasteiger partial charge in [0.2, 0.25) is 5.91 Å². The molecule has 1 unspecified atom stereocenters. The standard InChI is InChI=1S/C15H18FNO3/c1-2-9-7-10(11(8-9)15(19)20)14(18)17-13-6-4-3-5-12(13)16/h3-6,9-11H,2,7-8H2,1H3,(H,17,18)(H,19,20)/t9?,10-,11+/m0/s1. The van der Waals surface area contributed by atoms with Crippen molar-refractivity contribution in [2.24, 2.45) is 17.8 Å². The van der Waals surface area contributed by atoms with E-state index in [2.05, 4.69) is 5.32 Å². The minimum absolute atomic E-state index is 0.0987. The number of halogens is 1. The molecule has 0 bridgehead atoms. The fourth-order valence-corrected chi connectivity index (χ4v) is 2.83. The maximum atomic E-state index is 13.5. The minimum Gasteiger partial charge on any atom is -0.481 e. The Hall–Kier alpha value is -1.91. The summed E-state index contributed by atoms with van der Waals surface area (Å²) >= 11 is 0. The zero-order valence-corrected chi connectivity index (χ0v) is 11.3. The van der Waals surface area contributed by atoms with Crippen LogP contribution in [0, 0.1) is 23.6 Å². The van der Waals surface area contributed by atoms with Gasteiger partial charge in [-0.15, -0.1) is 0 Å². The molecule has 0 aliphatic heterocycles. The molecular formula is C15H18FNO3. The van der Waals surface area contributed by atoms with Gasteiger partial charge in [-0.05, 0) is 30.9 Å². The quantitative estimate of drug-likeness (QED) is 0.890. The topological polar surface area (TPSA) is 66.4 Å². The van der Waals surface area contributed by atoms with E-state index in [0.717, 1.165) is 6.42 Å². The van der Waals surface area contributed by atoms with E-state index in [9.17, 15) is 19.1 Å². The van der Waals surface area contributed by atoms with E-state index in [1.54, 1.807) is 6.07 Å². The van der Waals surface area contributed by atoms with Crippen LogP contribution < -0.4 is 5.32 Å². The van der Waals surface area contributed by atoms with Gasteiger partial charge in [-0.25, -0.2) is 4.39 Å². The lowest BCUT2D eigenvalue weighted by molar-refractivity contribution is -0.145. The van der Waals surface area contributed by atoms with Crippen LogP contribution in [0.1, 0.15) is 26.2 Å². The Morgan fingerprint density at radius 3 is 2.55 bits per heavy atom. The van der Waals surface area contributed by atoms with Crippen molar-refractivity contribution in [3.05, 3.63) is 30.1 Å². The number of carboxylic acid groups (broad SMARTS) is 1. The van der Waals surface area contributed by atoms with Gasteiger partial charge in [-0.2, -0.15) is 0 Å². The van der Waals surface area contributed by atoms with Crippen molar-refractivity contribution < 1.29 is 19.1 Å². The van der Waals surface area contributed by atoms with Crippen LogP contribution in [-0.4, -0.2) is 17.0 Å². The second-order valence-corrected chi connectivity index (χ2v) is 5.27. The van der Waals surface area contributed by atoms with Crippen LogP contribution in [0.15, 0.2) is 24.3 Å². The lowest BCUT2D eigenvalue weighted by atomic mass is 9.95. The Morgan fingerprint density at radius 1 is 1.30 bits per heavy atom. The number of aliphatic carboxylic acids is 1. The zero-order valence-electron chi connectivity index (χ0n) is 11.3. The molecule has 1 aromatic carbocycles. The van der Waals surface area contributed by atoms with Crippen LogP contribution in [0.2, 0.25) is 0 Å². The number of carboxylic acids is 1. The Labute approximate surface area is 117 Å². The number of carbonyl (C=O) groups excluding carboxylic acids is 1. The van der Waals surface area contributed by atoms with Crippen LogP contribution in [0.5, 0.6) is 0 Å². The SMILES string of the molecule is CCC1C[C@H](C(=O)Nc2ccccc2F)[C@H](C(=O)O)C1. The summed E-state index contributed by atoms with van der Waals surface area (Å²) in [6, 6.07) is 5.88. The summed E-state index contributed by atoms with van der Waals surface area (Å²) in [4.78, 5) is 23.4. The predicted molar refractivity (Wildman–Crippen MR) is 72.7 cm³/mol. The third-order valence-corrected chi connectivity index (χ3v) is 4.02. The Balaban J connectivity index is 2.11. The van der Waals surface area contributed by atoms with E-state index in [-0.39, 0.29) is 11.6 Å². The maximum absolute atomic E-state index is 13.5. The van der Waals surface area contributed by atoms with Crippen molar-refractivity contribution in [1.29, 1.82) is 0 Å². The van der Waals surface area contributed by atoms with E-state index < -0.39 is 29.5 Å². The smallest absolute Gasteiger partial charge is 0.307 e. The van der Waals surface area contributed by atoms with E-state index in [4.69, 9.17) is 0 Å². The molecule has 5 heteroatoms. The summed E-state index contributed by atoms with van der Waals surface area (Å²) in [5.74, 6) is -2.89. The summed E-state index contributed by atoms with van der Waals surface area (Å²) in [6.07, 6.45) is 1.92. The highest BCUT2D eigenvalue weighted by molar-refractivity contribution is 5.95. The largest absolute Gasteiger partial charge is 0.481 e. The third-order valence-electron chi connectivity index (χ3n) is 4.02. The number of amides is 1. The Bertz CT molecular complexity index is 518. The van der Waals surface area contributed by atoms with E-state index in [0.29, 0.717) is 12.8 Å². The average molecular weight is 279 g/mol. The van der Waals surface area contributed by atoms with E-state index in [1.807, 2.05) is 6.92 Å². The van der Waals surface area contributed by atoms with Gasteiger partial charge in [0.1, 0.15) is 5.82 Å². The van der Waals surface area contributed by atoms with Gasteiger partial charge in [0, 0.05) is 0 Å². The number of hydrogen-bond acceptors (Lipinski definition) is 2. The molecule has 2 rings (SSSR count). The molecule has 0 saturated heterocycles. The van der Waals surface area contributed by atoms with Gasteiger partial charge < -0.3 is 10.4 Å². The van der Waals surface area contributed by atoms with Crippen LogP contribution in [0.4, 0.5) is 10.1 Å². The van der Waals surface area contributed by atoms with Crippen molar-refractivity contribution in [3.63, 3.8) is 0 Å². The van der Waals surface area contributed by atoms with Crippen LogP contribution in [-0.2, 0) is 9.59 Å². The molecule has 0 heterocycles. The van der Waals surface area contributed by atoms with Gasteiger partial charge in [0.15, 0.2) is 0 Å². The number of anilines is 1. The summed E-state index contributed by atoms with van der Waals surface area (Å²) in [7, 11) is 0. The molecule has 1 aromatic rings. The lowest BCUT2D eigenvalue weighted by Gasteiger charge is -2.15. The van der Waals surface area contributed by atoms with Crippen LogP contribution in [0.3, 0.4) is 0 Å². The fourth-order valence-electron chi connectivity index (χ4n) is 2.83. The molecule has 1 amide bonds. The molecule has 0 radical (unpaired) electrons. The van der Waals surface area contributed by atoms with Crippen molar-refractivity contribution in [1.82, 2.24) is 0 Å². The normalized spacial score (nSPS) is 25.4. The van der Waals surface area contributed by atoms with Gasteiger partial charge in [0.25, 0.3) is 0 Å². The number of nitrogens with one attached hydrogen (secondary N) is 1. The van der Waals surface area contributed by atoms with Crippen molar-refractivity contribution in [3.8, 4) is 0 Å². The first-order valence-corrected chi connectivity index (χ1v) is 6.81. The van der Waals surface area contributed by atoms with Gasteiger partial charge >= 0.3 is 5.97 Å². The summed E-state index contributed by atoms with van der Waals surface area (Å²) in [5, 5.41) is 11.7. The molecule has 0 spiro atoms. The molecule has 20 heavy (non-hydrogen) atoms. The first kappa shape index (κ1) is 14.5. The number of rotatable bonds is 4. The zero-order chi connectivity index (χ0) is 14.7. The Morgan fingerprint density at radius 2 is 1.95 bits per heavy atom. The van der Waals surface area contributed by atoms with Crippen molar-refractivity contribution in [2.75, 3.05) is 5.32 Å². The second-order valence-electron chi connectivity index (χ2n) is 5.27. The van der Waals surface area contributed by atoms with Gasteiger partial charge in [-0.1, -0.05) is 25.5 Å². The highest BCUT2D eigenvalue weighted by Crippen LogP contribution is 2.39. The lowest BCUT2D eigenvalue weighted by Crippen LogP contribution is -2.30. The first-order chi connectivity index (χ1) is 9.52. The van der Waals surface area contributed by atoms with Gasteiger partial charge in [0.05, 0.1) is 17.5 Å². The molecule has 1 aliphatic rings. The van der Waals surface area contributed by atoms with Crippen molar-refractivity contribution in [2.45, 2.75) is 26.2 Å². The van der Waals surface area contributed by atoms with E-state index in [1.165, 1.54) is 18.2 Å². The average Bonchev–Trinajstić information content (AvgIpc) is 2.86. The summed E-state index contributed by atoms with van der Waals surface area (Å²) < 4.78 is 13.5. The maximum Gasteiger partial charge on any atom is 0.307 e. The summed E-state index contributed by atoms with van der Waals surface area (Å²) in [5.41, 5.74) is 0.0987. The number of hydrogen-bond donors (Lipinski definition) is 2. The molecule has 0 aromatic heterocycles. The van der Waals surface area contributed by atoms with E-state index >= 15 is 0 Å². The first-order valence-electron chi connectivity index (χ1n) is 6.81. The monoisotopic (exact) mass is 279 g/mol. The molecule has 3 atom stereocenters. The fraction of sp³-hybridized carbons (Fsp3) is 0.467. The van der Waals surface area contributed by atoms with Crippen LogP contribution >= 0.6 is 0 Å². The predicted octanol–water partition coefficient (Wildman–Crippen LogP) is 2.90. The second kappa shape index (κ2) is 6.03. The number of benzene rings is 1. The highest BCUT2D eigenvalue weighted by atomic mass is 19.1. The van der Waals surface area contributed by atoms with Gasteiger partial charge in [-0.3, -0.25) is 9.59 Å². The molecule has 1 saturated carbocycles. The Kier molecular flexibility index (Phi) is 4.37. The third kappa shape index (κ3) is 2.98. The molecular weight excluding hydrogens is 261 g/mol. The number of carbonyl (C=O) groups is 2. The summed E-state index contributed by atoms with van der Waals surface area (Å²) in [6.45, 7) is 1.99. The molecule has 2 N–H and O–H groups in total. The van der Waals surface area contributed by atoms with Crippen molar-refractivity contribution >= 4 is 17.6 Å². The minimum atomic E-state index is -0.949. The van der Waals surface area contributed by atoms with Crippen LogP contribution in [0.25, 0.3) is 0 Å². The highest BCUT2D eigenvalue weighted by Gasteiger charge is 2.42. The molecule has 108 valence electrons. The molecule has 1 fully saturated rings. The molecule has 1 aliphatic carbocycles. The number of para-hydroxylation sites is 1. The molecule has 4 nitrogen and oxygen atoms in total.